The summed E-state index contributed by atoms with van der Waals surface area (Å²) in [7, 11) is 0. The van der Waals surface area contributed by atoms with Crippen LogP contribution in [0.1, 0.15) is 66.4 Å². The molecule has 2 heterocycles. The molecule has 2 aromatic rings. The van der Waals surface area contributed by atoms with E-state index in [9.17, 15) is 4.79 Å². The summed E-state index contributed by atoms with van der Waals surface area (Å²) in [4.78, 5) is 18.5. The quantitative estimate of drug-likeness (QED) is 0.608. The van der Waals surface area contributed by atoms with Crippen molar-refractivity contribution in [1.29, 1.82) is 0 Å². The maximum atomic E-state index is 12.0. The van der Waals surface area contributed by atoms with Gasteiger partial charge in [0.25, 0.3) is 5.91 Å². The van der Waals surface area contributed by atoms with Gasteiger partial charge in [0.1, 0.15) is 0 Å². The highest BCUT2D eigenvalue weighted by atomic mass is 16.2. The highest BCUT2D eigenvalue weighted by Gasteiger charge is 2.35. The fourth-order valence-corrected chi connectivity index (χ4v) is 4.77. The number of piperidine rings is 1. The number of nitrogens with zero attached hydrogens (tertiary/aromatic N) is 3. The summed E-state index contributed by atoms with van der Waals surface area (Å²) in [6.45, 7) is 4.42. The predicted molar refractivity (Wildman–Crippen MR) is 117 cm³/mol. The number of rotatable bonds is 4. The van der Waals surface area contributed by atoms with Gasteiger partial charge in [-0.25, -0.2) is 5.43 Å². The van der Waals surface area contributed by atoms with Crippen molar-refractivity contribution in [3.63, 3.8) is 0 Å². The average Bonchev–Trinajstić information content (AvgIpc) is 2.76. The van der Waals surface area contributed by atoms with Crippen molar-refractivity contribution in [2.24, 2.45) is 10.5 Å². The Labute approximate surface area is 173 Å². The molecule has 1 N–H and O–H groups in total. The van der Waals surface area contributed by atoms with Crippen LogP contribution in [0.2, 0.25) is 0 Å². The number of aryl methyl sites for hydroxylation is 1. The smallest absolute Gasteiger partial charge is 0.271 e. The molecule has 1 amide bonds. The SMILES string of the molecule is Cc1cc(N2CCC3(CCCCC3)CC2)ccc1/C=N/NC(=O)c1ccncc1. The zero-order valence-corrected chi connectivity index (χ0v) is 17.2. The predicted octanol–water partition coefficient (Wildman–Crippen LogP) is 4.70. The van der Waals surface area contributed by atoms with Crippen molar-refractivity contribution >= 4 is 17.8 Å². The number of carbonyl (C=O) groups excluding carboxylic acids is 1. The van der Waals surface area contributed by atoms with E-state index in [0.717, 1.165) is 18.7 Å². The number of carbonyl (C=O) groups is 1. The van der Waals surface area contributed by atoms with Gasteiger partial charge in [0.05, 0.1) is 6.21 Å². The van der Waals surface area contributed by atoms with Crippen LogP contribution in [0.15, 0.2) is 47.8 Å². The van der Waals surface area contributed by atoms with Gasteiger partial charge >= 0.3 is 0 Å². The molecular formula is C24H30N4O. The Morgan fingerprint density at radius 3 is 2.48 bits per heavy atom. The number of hydrazone groups is 1. The van der Waals surface area contributed by atoms with Crippen LogP contribution in [0.3, 0.4) is 0 Å². The minimum atomic E-state index is -0.233. The molecule has 1 saturated carbocycles. The highest BCUT2D eigenvalue weighted by Crippen LogP contribution is 2.45. The van der Waals surface area contributed by atoms with Crippen LogP contribution in [0.4, 0.5) is 5.69 Å². The van der Waals surface area contributed by atoms with E-state index in [1.807, 2.05) is 0 Å². The first kappa shape index (κ1) is 19.6. The van der Waals surface area contributed by atoms with E-state index >= 15 is 0 Å². The van der Waals surface area contributed by atoms with Crippen molar-refractivity contribution < 1.29 is 4.79 Å². The first-order valence-electron chi connectivity index (χ1n) is 10.7. The van der Waals surface area contributed by atoms with E-state index in [1.165, 1.54) is 56.2 Å². The summed E-state index contributed by atoms with van der Waals surface area (Å²) in [6.07, 6.45) is 14.7. The average molecular weight is 391 g/mol. The van der Waals surface area contributed by atoms with Crippen LogP contribution in [0, 0.1) is 12.3 Å². The largest absolute Gasteiger partial charge is 0.371 e. The molecule has 1 aromatic heterocycles. The number of benzene rings is 1. The summed E-state index contributed by atoms with van der Waals surface area (Å²) >= 11 is 0. The molecule has 0 bridgehead atoms. The molecule has 1 aromatic carbocycles. The van der Waals surface area contributed by atoms with Gasteiger partial charge in [-0.3, -0.25) is 9.78 Å². The molecule has 152 valence electrons. The van der Waals surface area contributed by atoms with Crippen molar-refractivity contribution in [3.8, 4) is 0 Å². The maximum Gasteiger partial charge on any atom is 0.271 e. The molecule has 1 aliphatic heterocycles. The molecule has 29 heavy (non-hydrogen) atoms. The second-order valence-corrected chi connectivity index (χ2v) is 8.52. The van der Waals surface area contributed by atoms with Crippen LogP contribution < -0.4 is 10.3 Å². The van der Waals surface area contributed by atoms with Gasteiger partial charge in [0.2, 0.25) is 0 Å². The fraction of sp³-hybridized carbons (Fsp3) is 0.458. The Bertz CT molecular complexity index is 862. The number of aromatic nitrogens is 1. The van der Waals surface area contributed by atoms with Crippen LogP contribution in [0.25, 0.3) is 0 Å². The van der Waals surface area contributed by atoms with E-state index in [2.05, 4.69) is 45.5 Å². The standard InChI is InChI=1S/C24H30N4O/c1-19-17-22(28-15-11-24(12-16-28)9-3-2-4-10-24)6-5-21(19)18-26-27-23(29)20-7-13-25-14-8-20/h5-8,13-14,17-18H,2-4,9-12,15-16H2,1H3,(H,27,29)/b26-18+. The number of hydrogen-bond donors (Lipinski definition) is 1. The maximum absolute atomic E-state index is 12.0. The van der Waals surface area contributed by atoms with E-state index in [0.29, 0.717) is 11.0 Å². The second kappa shape index (κ2) is 8.76. The zero-order chi connectivity index (χ0) is 20.1. The number of nitrogens with one attached hydrogen (secondary N) is 1. The Balaban J connectivity index is 1.35. The number of pyridine rings is 1. The highest BCUT2D eigenvalue weighted by molar-refractivity contribution is 5.94. The molecule has 0 unspecified atom stereocenters. The fourth-order valence-electron chi connectivity index (χ4n) is 4.77. The summed E-state index contributed by atoms with van der Waals surface area (Å²) in [5, 5.41) is 4.12. The van der Waals surface area contributed by atoms with E-state index in [-0.39, 0.29) is 5.91 Å². The molecule has 0 radical (unpaired) electrons. The molecule has 1 saturated heterocycles. The molecule has 5 nitrogen and oxygen atoms in total. The monoisotopic (exact) mass is 390 g/mol. The van der Waals surface area contributed by atoms with Crippen molar-refractivity contribution in [2.45, 2.75) is 51.9 Å². The summed E-state index contributed by atoms with van der Waals surface area (Å²) in [5.74, 6) is -0.233. The minimum Gasteiger partial charge on any atom is -0.371 e. The van der Waals surface area contributed by atoms with Crippen molar-refractivity contribution in [1.82, 2.24) is 10.4 Å². The lowest BCUT2D eigenvalue weighted by atomic mass is 9.68. The van der Waals surface area contributed by atoms with Gasteiger partial charge in [-0.15, -0.1) is 0 Å². The van der Waals surface area contributed by atoms with Crippen molar-refractivity contribution in [2.75, 3.05) is 18.0 Å². The molecule has 4 rings (SSSR count). The molecule has 1 aliphatic carbocycles. The molecule has 2 fully saturated rings. The van der Waals surface area contributed by atoms with Gasteiger partial charge in [0, 0.05) is 36.7 Å². The Kier molecular flexibility index (Phi) is 5.93. The van der Waals surface area contributed by atoms with Crippen LogP contribution >= 0.6 is 0 Å². The van der Waals surface area contributed by atoms with Crippen molar-refractivity contribution in [3.05, 3.63) is 59.4 Å². The summed E-state index contributed by atoms with van der Waals surface area (Å²) in [5.41, 5.74) is 7.24. The Morgan fingerprint density at radius 1 is 1.07 bits per heavy atom. The summed E-state index contributed by atoms with van der Waals surface area (Å²) in [6, 6.07) is 9.85. The Hall–Kier alpha value is -2.69. The molecule has 5 heteroatoms. The van der Waals surface area contributed by atoms with Gasteiger partial charge in [0.15, 0.2) is 0 Å². The number of hydrogen-bond acceptors (Lipinski definition) is 4. The van der Waals surface area contributed by atoms with Gasteiger partial charge in [-0.05, 0) is 73.4 Å². The lowest BCUT2D eigenvalue weighted by Crippen LogP contribution is -2.41. The minimum absolute atomic E-state index is 0.233. The zero-order valence-electron chi connectivity index (χ0n) is 17.2. The first-order chi connectivity index (χ1) is 14.2. The van der Waals surface area contributed by atoms with Gasteiger partial charge in [-0.2, -0.15) is 5.10 Å². The lowest BCUT2D eigenvalue weighted by molar-refractivity contribution is 0.0955. The van der Waals surface area contributed by atoms with Crippen LogP contribution in [-0.4, -0.2) is 30.2 Å². The number of amides is 1. The normalized spacial score (nSPS) is 18.9. The molecular weight excluding hydrogens is 360 g/mol. The third-order valence-corrected chi connectivity index (χ3v) is 6.67. The summed E-state index contributed by atoms with van der Waals surface area (Å²) < 4.78 is 0. The second-order valence-electron chi connectivity index (χ2n) is 8.52. The molecule has 1 spiro atoms. The molecule has 0 atom stereocenters. The van der Waals surface area contributed by atoms with E-state index < -0.39 is 0 Å². The lowest BCUT2D eigenvalue weighted by Gasteiger charge is -2.45. The third-order valence-electron chi connectivity index (χ3n) is 6.67. The van der Waals surface area contributed by atoms with E-state index in [1.54, 1.807) is 30.7 Å². The molecule has 2 aliphatic rings. The topological polar surface area (TPSA) is 57.6 Å². The van der Waals surface area contributed by atoms with Gasteiger partial charge < -0.3 is 4.90 Å². The van der Waals surface area contributed by atoms with Gasteiger partial charge in [-0.1, -0.05) is 25.3 Å². The first-order valence-corrected chi connectivity index (χ1v) is 10.7. The van der Waals surface area contributed by atoms with Crippen LogP contribution in [0.5, 0.6) is 0 Å². The van der Waals surface area contributed by atoms with E-state index in [4.69, 9.17) is 0 Å². The Morgan fingerprint density at radius 2 is 1.79 bits per heavy atom. The third kappa shape index (κ3) is 4.66. The van der Waals surface area contributed by atoms with Crippen LogP contribution in [-0.2, 0) is 0 Å². The number of anilines is 1.